The van der Waals surface area contributed by atoms with Crippen molar-refractivity contribution in [1.82, 2.24) is 14.9 Å². The van der Waals surface area contributed by atoms with Crippen LogP contribution in [0.1, 0.15) is 12.0 Å². The van der Waals surface area contributed by atoms with Crippen LogP contribution in [0.3, 0.4) is 0 Å². The molecule has 0 aliphatic carbocycles. The second-order valence-electron chi connectivity index (χ2n) is 3.32. The lowest BCUT2D eigenvalue weighted by atomic mass is 10.3. The van der Waals surface area contributed by atoms with E-state index in [9.17, 15) is 9.59 Å². The summed E-state index contributed by atoms with van der Waals surface area (Å²) in [6, 6.07) is 0. The number of rotatable bonds is 4. The first-order chi connectivity index (χ1) is 7.52. The lowest BCUT2D eigenvalue weighted by Crippen LogP contribution is -2.27. The van der Waals surface area contributed by atoms with E-state index in [2.05, 4.69) is 10.3 Å². The molecule has 0 radical (unpaired) electrons. The minimum atomic E-state index is -1.07. The second-order valence-corrected chi connectivity index (χ2v) is 3.71. The summed E-state index contributed by atoms with van der Waals surface area (Å²) in [6.07, 6.45) is 1.02. The lowest BCUT2D eigenvalue weighted by molar-refractivity contribution is 0.194. The molecule has 6 nitrogen and oxygen atoms in total. The Balaban J connectivity index is 2.67. The van der Waals surface area contributed by atoms with Crippen LogP contribution in [0.2, 0.25) is 0 Å². The van der Waals surface area contributed by atoms with Gasteiger partial charge in [-0.3, -0.25) is 9.36 Å². The summed E-state index contributed by atoms with van der Waals surface area (Å²) in [5.74, 6) is 0. The molecule has 0 spiro atoms. The maximum atomic E-state index is 11.7. The summed E-state index contributed by atoms with van der Waals surface area (Å²) < 4.78 is 1.78. The zero-order chi connectivity index (χ0) is 12.1. The molecular weight excluding hydrogens is 230 g/mol. The van der Waals surface area contributed by atoms with Crippen molar-refractivity contribution in [1.29, 1.82) is 0 Å². The molecule has 7 heteroatoms. The molecule has 3 N–H and O–H groups in total. The normalized spacial score (nSPS) is 10.1. The molecule has 0 aromatic carbocycles. The first-order valence-corrected chi connectivity index (χ1v) is 5.19. The third-order valence-corrected chi connectivity index (χ3v) is 2.41. The van der Waals surface area contributed by atoms with Gasteiger partial charge >= 0.3 is 6.09 Å². The number of aryl methyl sites for hydroxylation is 1. The van der Waals surface area contributed by atoms with Crippen molar-refractivity contribution in [2.45, 2.75) is 19.9 Å². The molecule has 0 unspecified atom stereocenters. The van der Waals surface area contributed by atoms with Crippen LogP contribution in [0.25, 0.3) is 0 Å². The smallest absolute Gasteiger partial charge is 0.404 e. The number of H-pyrrole nitrogens is 1. The maximum absolute atomic E-state index is 11.7. The van der Waals surface area contributed by atoms with E-state index in [1.165, 1.54) is 4.57 Å². The van der Waals surface area contributed by atoms with E-state index in [0.29, 0.717) is 29.8 Å². The predicted molar refractivity (Wildman–Crippen MR) is 61.3 cm³/mol. The standard InChI is InChI=1S/C9H13N3O3S/c1-6-5-11-8(16)12(7(6)13)4-2-3-10-9(14)15/h5,10H,2-4H2,1H3,(H,11,16)(H,14,15). The molecular formula is C9H13N3O3S. The number of nitrogens with one attached hydrogen (secondary N) is 2. The molecule has 0 aliphatic rings. The Morgan fingerprint density at radius 1 is 1.69 bits per heavy atom. The highest BCUT2D eigenvalue weighted by atomic mass is 32.1. The minimum Gasteiger partial charge on any atom is -0.465 e. The van der Waals surface area contributed by atoms with Gasteiger partial charge in [0, 0.05) is 24.8 Å². The monoisotopic (exact) mass is 243 g/mol. The van der Waals surface area contributed by atoms with Crippen molar-refractivity contribution in [2.75, 3.05) is 6.54 Å². The number of hydrogen-bond acceptors (Lipinski definition) is 3. The minimum absolute atomic E-state index is 0.140. The van der Waals surface area contributed by atoms with Gasteiger partial charge in [-0.25, -0.2) is 4.79 Å². The Bertz CT molecular complexity index is 492. The van der Waals surface area contributed by atoms with E-state index in [-0.39, 0.29) is 5.56 Å². The zero-order valence-electron chi connectivity index (χ0n) is 8.82. The molecule has 0 saturated heterocycles. The van der Waals surface area contributed by atoms with Crippen LogP contribution in [0, 0.1) is 11.7 Å². The Kier molecular flexibility index (Phi) is 4.24. The first-order valence-electron chi connectivity index (χ1n) is 4.78. The summed E-state index contributed by atoms with van der Waals surface area (Å²) in [5, 5.41) is 10.6. The highest BCUT2D eigenvalue weighted by Gasteiger charge is 2.01. The maximum Gasteiger partial charge on any atom is 0.404 e. The highest BCUT2D eigenvalue weighted by Crippen LogP contribution is 1.91. The van der Waals surface area contributed by atoms with E-state index < -0.39 is 6.09 Å². The van der Waals surface area contributed by atoms with Crippen LogP contribution in [-0.2, 0) is 6.54 Å². The van der Waals surface area contributed by atoms with Gasteiger partial charge in [-0.05, 0) is 25.6 Å². The SMILES string of the molecule is Cc1c[nH]c(=S)n(CCCNC(=O)O)c1=O. The molecule has 1 amide bonds. The number of carbonyl (C=O) groups is 1. The van der Waals surface area contributed by atoms with Gasteiger partial charge in [-0.1, -0.05) is 0 Å². The van der Waals surface area contributed by atoms with Gasteiger partial charge in [-0.2, -0.15) is 0 Å². The van der Waals surface area contributed by atoms with Crippen molar-refractivity contribution < 1.29 is 9.90 Å². The van der Waals surface area contributed by atoms with Gasteiger partial charge in [0.25, 0.3) is 5.56 Å². The van der Waals surface area contributed by atoms with Crippen molar-refractivity contribution in [3.63, 3.8) is 0 Å². The molecule has 0 bridgehead atoms. The fourth-order valence-corrected chi connectivity index (χ4v) is 1.48. The number of aromatic amines is 1. The predicted octanol–water partition coefficient (Wildman–Crippen LogP) is 0.872. The molecule has 0 atom stereocenters. The zero-order valence-corrected chi connectivity index (χ0v) is 9.63. The van der Waals surface area contributed by atoms with Crippen LogP contribution in [0.5, 0.6) is 0 Å². The van der Waals surface area contributed by atoms with Crippen LogP contribution in [0.4, 0.5) is 4.79 Å². The van der Waals surface area contributed by atoms with E-state index >= 15 is 0 Å². The van der Waals surface area contributed by atoms with Crippen molar-refractivity contribution in [3.05, 3.63) is 26.9 Å². The van der Waals surface area contributed by atoms with Gasteiger partial charge in [0.15, 0.2) is 4.77 Å². The average molecular weight is 243 g/mol. The van der Waals surface area contributed by atoms with E-state index in [0.717, 1.165) is 0 Å². The second kappa shape index (κ2) is 5.45. The molecule has 0 saturated carbocycles. The number of carboxylic acid groups (broad SMARTS) is 1. The molecule has 88 valence electrons. The molecule has 1 rings (SSSR count). The third kappa shape index (κ3) is 3.20. The van der Waals surface area contributed by atoms with Crippen LogP contribution < -0.4 is 10.9 Å². The quantitative estimate of drug-likeness (QED) is 0.541. The van der Waals surface area contributed by atoms with Crippen molar-refractivity contribution in [2.24, 2.45) is 0 Å². The molecule has 16 heavy (non-hydrogen) atoms. The van der Waals surface area contributed by atoms with Crippen molar-refractivity contribution >= 4 is 18.3 Å². The summed E-state index contributed by atoms with van der Waals surface area (Å²) in [5.41, 5.74) is 0.443. The van der Waals surface area contributed by atoms with Crippen LogP contribution in [-0.4, -0.2) is 27.3 Å². The number of hydrogen-bond donors (Lipinski definition) is 3. The topological polar surface area (TPSA) is 87.1 Å². The summed E-state index contributed by atoms with van der Waals surface area (Å²) in [6.45, 7) is 2.39. The average Bonchev–Trinajstić information content (AvgIpc) is 2.22. The Hall–Kier alpha value is -1.63. The van der Waals surface area contributed by atoms with E-state index in [4.69, 9.17) is 17.3 Å². The van der Waals surface area contributed by atoms with Crippen molar-refractivity contribution in [3.8, 4) is 0 Å². The fraction of sp³-hybridized carbons (Fsp3) is 0.444. The number of amides is 1. The molecule has 1 heterocycles. The number of nitrogens with zero attached hydrogens (tertiary/aromatic N) is 1. The van der Waals surface area contributed by atoms with Gasteiger partial charge in [0.05, 0.1) is 0 Å². The van der Waals surface area contributed by atoms with E-state index in [1.54, 1.807) is 13.1 Å². The summed E-state index contributed by atoms with van der Waals surface area (Å²) in [4.78, 5) is 24.6. The number of aromatic nitrogens is 2. The molecule has 1 aromatic rings. The molecule has 1 aromatic heterocycles. The lowest BCUT2D eigenvalue weighted by Gasteiger charge is -2.06. The Morgan fingerprint density at radius 3 is 3.00 bits per heavy atom. The summed E-state index contributed by atoms with van der Waals surface area (Å²) >= 11 is 4.97. The third-order valence-electron chi connectivity index (χ3n) is 2.07. The molecule has 0 aliphatic heterocycles. The van der Waals surface area contributed by atoms with Gasteiger partial charge in [-0.15, -0.1) is 0 Å². The van der Waals surface area contributed by atoms with Crippen LogP contribution >= 0.6 is 12.2 Å². The molecule has 0 fully saturated rings. The highest BCUT2D eigenvalue weighted by molar-refractivity contribution is 7.71. The Morgan fingerprint density at radius 2 is 2.38 bits per heavy atom. The first kappa shape index (κ1) is 12.4. The van der Waals surface area contributed by atoms with E-state index in [1.807, 2.05) is 0 Å². The van der Waals surface area contributed by atoms with Gasteiger partial charge < -0.3 is 15.4 Å². The Labute approximate surface area is 96.9 Å². The summed E-state index contributed by atoms with van der Waals surface area (Å²) in [7, 11) is 0. The van der Waals surface area contributed by atoms with Crippen LogP contribution in [0.15, 0.2) is 11.0 Å². The largest absolute Gasteiger partial charge is 0.465 e. The van der Waals surface area contributed by atoms with Gasteiger partial charge in [0.2, 0.25) is 0 Å². The van der Waals surface area contributed by atoms with Gasteiger partial charge in [0.1, 0.15) is 0 Å². The fourth-order valence-electron chi connectivity index (χ4n) is 1.25.